The molecule has 160 valence electrons. The van der Waals surface area contributed by atoms with Crippen LogP contribution >= 0.6 is 0 Å². The van der Waals surface area contributed by atoms with Crippen molar-refractivity contribution >= 4 is 0 Å². The number of ether oxygens (including phenoxy) is 2. The molecule has 4 atom stereocenters. The molecule has 1 rings (SSSR count). The molecule has 0 saturated carbocycles. The maximum absolute atomic E-state index is 10.0. The van der Waals surface area contributed by atoms with Crippen LogP contribution in [0.2, 0.25) is 0 Å². The van der Waals surface area contributed by atoms with Crippen molar-refractivity contribution in [1.29, 1.82) is 0 Å². The van der Waals surface area contributed by atoms with Crippen LogP contribution in [0.3, 0.4) is 0 Å². The smallest absolute Gasteiger partial charge is 0.114 e. The van der Waals surface area contributed by atoms with Gasteiger partial charge in [0.25, 0.3) is 0 Å². The van der Waals surface area contributed by atoms with E-state index in [1.165, 1.54) is 64.2 Å². The molecule has 0 aromatic carbocycles. The van der Waals surface area contributed by atoms with Crippen LogP contribution in [-0.2, 0) is 9.47 Å². The van der Waals surface area contributed by atoms with Gasteiger partial charge in [0.1, 0.15) is 24.4 Å². The zero-order valence-corrected chi connectivity index (χ0v) is 17.1. The van der Waals surface area contributed by atoms with Gasteiger partial charge in [0.05, 0.1) is 13.2 Å². The molecule has 27 heavy (non-hydrogen) atoms. The van der Waals surface area contributed by atoms with Gasteiger partial charge in [-0.05, 0) is 19.3 Å². The van der Waals surface area contributed by atoms with Gasteiger partial charge in [0.15, 0.2) is 0 Å². The maximum atomic E-state index is 10.0. The molecule has 1 saturated heterocycles. The van der Waals surface area contributed by atoms with Gasteiger partial charge in [-0.15, -0.1) is 6.58 Å². The summed E-state index contributed by atoms with van der Waals surface area (Å²) in [5, 5.41) is 28.5. The number of hydrogen-bond donors (Lipinski definition) is 3. The Bertz CT molecular complexity index is 350. The van der Waals surface area contributed by atoms with Crippen molar-refractivity contribution in [2.24, 2.45) is 0 Å². The number of hydrogen-bond acceptors (Lipinski definition) is 5. The largest absolute Gasteiger partial charge is 0.394 e. The molecule has 5 heteroatoms. The highest BCUT2D eigenvalue weighted by Crippen LogP contribution is 2.20. The van der Waals surface area contributed by atoms with E-state index in [1.807, 2.05) is 6.08 Å². The minimum Gasteiger partial charge on any atom is -0.394 e. The molecule has 3 N–H and O–H groups in total. The van der Waals surface area contributed by atoms with Crippen LogP contribution in [0.5, 0.6) is 0 Å². The second kappa shape index (κ2) is 16.5. The first-order valence-corrected chi connectivity index (χ1v) is 11.0. The number of unbranched alkanes of at least 4 members (excludes halogenated alkanes) is 12. The Labute approximate surface area is 165 Å². The van der Waals surface area contributed by atoms with Gasteiger partial charge in [-0.1, -0.05) is 70.3 Å². The van der Waals surface area contributed by atoms with Gasteiger partial charge in [0, 0.05) is 6.61 Å². The SMILES string of the molecule is C=CCCCCCCCCCCCCCCO[C@H]1CO[C@H]([C@H](O)CO)[C@@H]1O. The molecule has 0 spiro atoms. The maximum Gasteiger partial charge on any atom is 0.114 e. The molecule has 1 fully saturated rings. The molecule has 0 amide bonds. The first-order chi connectivity index (χ1) is 13.2. The first kappa shape index (κ1) is 24.6. The number of rotatable bonds is 18. The summed E-state index contributed by atoms with van der Waals surface area (Å²) in [5.41, 5.74) is 0. The van der Waals surface area contributed by atoms with Gasteiger partial charge >= 0.3 is 0 Å². The number of aliphatic hydroxyl groups excluding tert-OH is 3. The average Bonchev–Trinajstić information content (AvgIpc) is 3.04. The van der Waals surface area contributed by atoms with Crippen LogP contribution in [-0.4, -0.2) is 59.6 Å². The summed E-state index contributed by atoms with van der Waals surface area (Å²) < 4.78 is 11.0. The quantitative estimate of drug-likeness (QED) is 0.247. The summed E-state index contributed by atoms with van der Waals surface area (Å²) >= 11 is 0. The van der Waals surface area contributed by atoms with E-state index in [9.17, 15) is 10.2 Å². The molecule has 1 aliphatic heterocycles. The highest BCUT2D eigenvalue weighted by Gasteiger charge is 2.40. The van der Waals surface area contributed by atoms with E-state index in [-0.39, 0.29) is 6.61 Å². The Morgan fingerprint density at radius 2 is 1.44 bits per heavy atom. The lowest BCUT2D eigenvalue weighted by Crippen LogP contribution is -2.41. The van der Waals surface area contributed by atoms with Gasteiger partial charge in [0.2, 0.25) is 0 Å². The van der Waals surface area contributed by atoms with Crippen molar-refractivity contribution in [3.8, 4) is 0 Å². The fraction of sp³-hybridized carbons (Fsp3) is 0.909. The summed E-state index contributed by atoms with van der Waals surface area (Å²) in [6.07, 6.45) is 15.6. The van der Waals surface area contributed by atoms with Crippen LogP contribution in [0.4, 0.5) is 0 Å². The number of allylic oxidation sites excluding steroid dienone is 1. The van der Waals surface area contributed by atoms with Crippen LogP contribution in [0, 0.1) is 0 Å². The zero-order valence-electron chi connectivity index (χ0n) is 17.1. The van der Waals surface area contributed by atoms with E-state index < -0.39 is 31.0 Å². The molecule has 0 aliphatic carbocycles. The van der Waals surface area contributed by atoms with Crippen LogP contribution in [0.25, 0.3) is 0 Å². The third-order valence-corrected chi connectivity index (χ3v) is 5.37. The van der Waals surface area contributed by atoms with Gasteiger partial charge in [-0.3, -0.25) is 0 Å². The first-order valence-electron chi connectivity index (χ1n) is 11.0. The molecule has 0 radical (unpaired) electrons. The lowest BCUT2D eigenvalue weighted by molar-refractivity contribution is -0.0730. The zero-order chi connectivity index (χ0) is 19.7. The summed E-state index contributed by atoms with van der Waals surface area (Å²) in [4.78, 5) is 0. The topological polar surface area (TPSA) is 79.2 Å². The minimum atomic E-state index is -1.05. The average molecular weight is 387 g/mol. The van der Waals surface area contributed by atoms with Gasteiger partial charge in [-0.2, -0.15) is 0 Å². The standard InChI is InChI=1S/C22H42O5/c1-2-3-4-5-6-7-8-9-10-11-12-13-14-15-16-26-20-18-27-22(21(20)25)19(24)17-23/h2,19-25H,1,3-18H2/t19-,20+,21-,22-/m1/s1. The normalized spacial score (nSPS) is 23.6. The molecule has 0 unspecified atom stereocenters. The van der Waals surface area contributed by atoms with E-state index in [0.29, 0.717) is 6.61 Å². The Kier molecular flexibility index (Phi) is 15.0. The van der Waals surface area contributed by atoms with E-state index >= 15 is 0 Å². The lowest BCUT2D eigenvalue weighted by Gasteiger charge is -2.20. The van der Waals surface area contributed by atoms with Crippen molar-refractivity contribution in [2.75, 3.05) is 19.8 Å². The highest BCUT2D eigenvalue weighted by molar-refractivity contribution is 4.88. The molecular weight excluding hydrogens is 344 g/mol. The molecule has 1 heterocycles. The van der Waals surface area contributed by atoms with E-state index in [4.69, 9.17) is 14.6 Å². The predicted octanol–water partition coefficient (Wildman–Crippen LogP) is 3.74. The van der Waals surface area contributed by atoms with E-state index in [1.54, 1.807) is 0 Å². The van der Waals surface area contributed by atoms with Crippen molar-refractivity contribution < 1.29 is 24.8 Å². The van der Waals surface area contributed by atoms with Crippen LogP contribution in [0.1, 0.15) is 83.5 Å². The number of aliphatic hydroxyl groups is 3. The van der Waals surface area contributed by atoms with Crippen LogP contribution in [0.15, 0.2) is 12.7 Å². The summed E-state index contributed by atoms with van der Waals surface area (Å²) in [6, 6.07) is 0. The van der Waals surface area contributed by atoms with Crippen molar-refractivity contribution in [3.63, 3.8) is 0 Å². The fourth-order valence-electron chi connectivity index (χ4n) is 3.60. The fourth-order valence-corrected chi connectivity index (χ4v) is 3.60. The van der Waals surface area contributed by atoms with E-state index in [0.717, 1.165) is 19.3 Å². The summed E-state index contributed by atoms with van der Waals surface area (Å²) in [6.45, 7) is 4.23. The van der Waals surface area contributed by atoms with Crippen LogP contribution < -0.4 is 0 Å². The van der Waals surface area contributed by atoms with Crippen molar-refractivity contribution in [1.82, 2.24) is 0 Å². The molecule has 0 aromatic rings. The molecular formula is C22H42O5. The second-order valence-corrected chi connectivity index (χ2v) is 7.77. The second-order valence-electron chi connectivity index (χ2n) is 7.77. The Morgan fingerprint density at radius 1 is 0.926 bits per heavy atom. The Morgan fingerprint density at radius 3 is 1.96 bits per heavy atom. The Hall–Kier alpha value is -0.460. The molecule has 0 aromatic heterocycles. The monoisotopic (exact) mass is 386 g/mol. The van der Waals surface area contributed by atoms with Crippen molar-refractivity contribution in [3.05, 3.63) is 12.7 Å². The summed E-state index contributed by atoms with van der Waals surface area (Å²) in [5.74, 6) is 0. The summed E-state index contributed by atoms with van der Waals surface area (Å²) in [7, 11) is 0. The van der Waals surface area contributed by atoms with Gasteiger partial charge < -0.3 is 24.8 Å². The third kappa shape index (κ3) is 11.2. The predicted molar refractivity (Wildman–Crippen MR) is 109 cm³/mol. The third-order valence-electron chi connectivity index (χ3n) is 5.37. The van der Waals surface area contributed by atoms with E-state index in [2.05, 4.69) is 6.58 Å². The molecule has 5 nitrogen and oxygen atoms in total. The lowest BCUT2D eigenvalue weighted by atomic mass is 10.0. The van der Waals surface area contributed by atoms with Gasteiger partial charge in [-0.25, -0.2) is 0 Å². The Balaban J connectivity index is 1.82. The van der Waals surface area contributed by atoms with Crippen molar-refractivity contribution in [2.45, 2.75) is 108 Å². The molecule has 0 bridgehead atoms. The highest BCUT2D eigenvalue weighted by atomic mass is 16.6. The minimum absolute atomic E-state index is 0.275. The molecule has 1 aliphatic rings.